The Morgan fingerprint density at radius 3 is 1.65 bits per heavy atom. The topological polar surface area (TPSA) is 52.6 Å². The molecule has 4 heteroatoms. The molecule has 116 valence electrons. The molecule has 0 heterocycles. The molecule has 4 nitrogen and oxygen atoms in total. The van der Waals surface area contributed by atoms with E-state index in [0.29, 0.717) is 19.6 Å². The van der Waals surface area contributed by atoms with Crippen molar-refractivity contribution in [1.82, 2.24) is 0 Å². The summed E-state index contributed by atoms with van der Waals surface area (Å²) in [5.41, 5.74) is 0.0469. The van der Waals surface area contributed by atoms with Gasteiger partial charge in [0.2, 0.25) is 0 Å². The van der Waals surface area contributed by atoms with Gasteiger partial charge in [-0.3, -0.25) is 0 Å². The molecule has 0 aliphatic carbocycles. The van der Waals surface area contributed by atoms with Crippen LogP contribution >= 0.6 is 0 Å². The van der Waals surface area contributed by atoms with Crippen LogP contribution in [0, 0.1) is 0 Å². The molecule has 0 N–H and O–H groups in total. The van der Waals surface area contributed by atoms with Gasteiger partial charge in [-0.05, 0) is 19.3 Å². The number of allylic oxidation sites excluding steroid dienone is 1. The number of carbonyl (C=O) groups is 2. The summed E-state index contributed by atoms with van der Waals surface area (Å²) >= 11 is 0. The summed E-state index contributed by atoms with van der Waals surface area (Å²) < 4.78 is 10.2. The average molecular weight is 284 g/mol. The molecule has 20 heavy (non-hydrogen) atoms. The van der Waals surface area contributed by atoms with Crippen LogP contribution in [0.3, 0.4) is 0 Å². The molecule has 0 aromatic heterocycles. The molecule has 0 fully saturated rings. The van der Waals surface area contributed by atoms with E-state index < -0.39 is 11.9 Å². The Balaban J connectivity index is 4.49. The molecule has 0 rings (SSSR count). The summed E-state index contributed by atoms with van der Waals surface area (Å²) in [6.07, 6.45) is 7.79. The highest BCUT2D eigenvalue weighted by Gasteiger charge is 2.20. The third-order valence-corrected chi connectivity index (χ3v) is 2.81. The van der Waals surface area contributed by atoms with Crippen molar-refractivity contribution in [3.63, 3.8) is 0 Å². The lowest BCUT2D eigenvalue weighted by atomic mass is 10.1. The van der Waals surface area contributed by atoms with E-state index in [4.69, 9.17) is 9.47 Å². The normalized spacial score (nSPS) is 9.95. The van der Waals surface area contributed by atoms with E-state index in [1.807, 2.05) is 13.8 Å². The lowest BCUT2D eigenvalue weighted by Gasteiger charge is -2.08. The predicted octanol–water partition coefficient (Wildman–Crippen LogP) is 3.79. The quantitative estimate of drug-likeness (QED) is 0.190. The minimum absolute atomic E-state index is 0.0469. The van der Waals surface area contributed by atoms with Gasteiger partial charge in [0.15, 0.2) is 0 Å². The molecular formula is C16H28O4. The van der Waals surface area contributed by atoms with Gasteiger partial charge in [-0.1, -0.05) is 52.5 Å². The zero-order valence-corrected chi connectivity index (χ0v) is 13.1. The maximum absolute atomic E-state index is 11.9. The number of hydrogen-bond acceptors (Lipinski definition) is 4. The molecular weight excluding hydrogens is 256 g/mol. The first-order chi connectivity index (χ1) is 9.67. The third kappa shape index (κ3) is 8.73. The number of esters is 2. The standard InChI is InChI=1S/C16H28O4/c1-4-7-10-11-14(15(17)19-12-8-5-2)16(18)20-13-9-6-3/h11H,4-10,12-13H2,1-3H3. The molecule has 0 bridgehead atoms. The van der Waals surface area contributed by atoms with E-state index >= 15 is 0 Å². The molecule has 0 saturated heterocycles. The highest BCUT2D eigenvalue weighted by Crippen LogP contribution is 2.08. The predicted molar refractivity (Wildman–Crippen MR) is 79.3 cm³/mol. The first-order valence-corrected chi connectivity index (χ1v) is 7.71. The Kier molecular flexibility index (Phi) is 11.9. The maximum Gasteiger partial charge on any atom is 0.345 e. The summed E-state index contributed by atoms with van der Waals surface area (Å²) in [5, 5.41) is 0. The molecule has 0 aliphatic heterocycles. The Hall–Kier alpha value is -1.32. The number of ether oxygens (including phenoxy) is 2. The van der Waals surface area contributed by atoms with Gasteiger partial charge < -0.3 is 9.47 Å². The van der Waals surface area contributed by atoms with E-state index in [1.165, 1.54) is 0 Å². The fourth-order valence-corrected chi connectivity index (χ4v) is 1.47. The van der Waals surface area contributed by atoms with Gasteiger partial charge >= 0.3 is 11.9 Å². The van der Waals surface area contributed by atoms with Gasteiger partial charge in [-0.2, -0.15) is 0 Å². The molecule has 0 amide bonds. The third-order valence-electron chi connectivity index (χ3n) is 2.81. The Morgan fingerprint density at radius 2 is 1.25 bits per heavy atom. The molecule has 0 aromatic rings. The number of rotatable bonds is 11. The van der Waals surface area contributed by atoms with Crippen molar-refractivity contribution in [2.75, 3.05) is 13.2 Å². The van der Waals surface area contributed by atoms with Gasteiger partial charge in [0.05, 0.1) is 13.2 Å². The van der Waals surface area contributed by atoms with Crippen molar-refractivity contribution in [2.24, 2.45) is 0 Å². The van der Waals surface area contributed by atoms with Crippen molar-refractivity contribution in [3.05, 3.63) is 11.6 Å². The SMILES string of the molecule is CCCCC=C(C(=O)OCCCC)C(=O)OCCCC. The zero-order chi connectivity index (χ0) is 15.2. The molecule has 0 atom stereocenters. The van der Waals surface area contributed by atoms with Crippen LogP contribution in [0.2, 0.25) is 0 Å². The lowest BCUT2D eigenvalue weighted by Crippen LogP contribution is -2.19. The van der Waals surface area contributed by atoms with Gasteiger partial charge in [0, 0.05) is 0 Å². The van der Waals surface area contributed by atoms with Crippen molar-refractivity contribution in [1.29, 1.82) is 0 Å². The zero-order valence-electron chi connectivity index (χ0n) is 13.1. The smallest absolute Gasteiger partial charge is 0.345 e. The largest absolute Gasteiger partial charge is 0.462 e. The van der Waals surface area contributed by atoms with Gasteiger partial charge in [0.1, 0.15) is 5.57 Å². The molecule has 0 aliphatic rings. The first-order valence-electron chi connectivity index (χ1n) is 7.71. The van der Waals surface area contributed by atoms with E-state index in [9.17, 15) is 9.59 Å². The second kappa shape index (κ2) is 12.7. The van der Waals surface area contributed by atoms with Gasteiger partial charge in [-0.25, -0.2) is 9.59 Å². The molecule has 0 spiro atoms. The van der Waals surface area contributed by atoms with E-state index in [1.54, 1.807) is 6.08 Å². The lowest BCUT2D eigenvalue weighted by molar-refractivity contribution is -0.147. The monoisotopic (exact) mass is 284 g/mol. The summed E-state index contributed by atoms with van der Waals surface area (Å²) in [5.74, 6) is -1.12. The molecule has 0 unspecified atom stereocenters. The Labute approximate surface area is 122 Å². The fraction of sp³-hybridized carbons (Fsp3) is 0.750. The molecule has 0 aromatic carbocycles. The van der Waals surface area contributed by atoms with Crippen molar-refractivity contribution in [2.45, 2.75) is 65.7 Å². The van der Waals surface area contributed by atoms with E-state index in [0.717, 1.165) is 38.5 Å². The first kappa shape index (κ1) is 18.7. The summed E-state index contributed by atoms with van der Waals surface area (Å²) in [6, 6.07) is 0. The fourth-order valence-electron chi connectivity index (χ4n) is 1.47. The molecule has 0 saturated carbocycles. The van der Waals surface area contributed by atoms with E-state index in [2.05, 4.69) is 6.92 Å². The van der Waals surface area contributed by atoms with Crippen molar-refractivity contribution < 1.29 is 19.1 Å². The van der Waals surface area contributed by atoms with Crippen LogP contribution in [-0.2, 0) is 19.1 Å². The second-order valence-electron chi connectivity index (χ2n) is 4.74. The maximum atomic E-state index is 11.9. The van der Waals surface area contributed by atoms with Gasteiger partial charge in [-0.15, -0.1) is 0 Å². The Bertz CT molecular complexity index is 284. The van der Waals surface area contributed by atoms with Gasteiger partial charge in [0.25, 0.3) is 0 Å². The Morgan fingerprint density at radius 1 is 0.800 bits per heavy atom. The van der Waals surface area contributed by atoms with Crippen LogP contribution in [-0.4, -0.2) is 25.2 Å². The minimum atomic E-state index is -0.559. The van der Waals surface area contributed by atoms with Crippen LogP contribution in [0.15, 0.2) is 11.6 Å². The average Bonchev–Trinajstić information content (AvgIpc) is 2.44. The van der Waals surface area contributed by atoms with Crippen molar-refractivity contribution in [3.8, 4) is 0 Å². The van der Waals surface area contributed by atoms with Crippen LogP contribution in [0.5, 0.6) is 0 Å². The van der Waals surface area contributed by atoms with Crippen LogP contribution in [0.4, 0.5) is 0 Å². The summed E-state index contributed by atoms with van der Waals surface area (Å²) in [7, 11) is 0. The highest BCUT2D eigenvalue weighted by molar-refractivity contribution is 6.14. The van der Waals surface area contributed by atoms with Crippen LogP contribution < -0.4 is 0 Å². The molecule has 0 radical (unpaired) electrons. The van der Waals surface area contributed by atoms with E-state index in [-0.39, 0.29) is 5.57 Å². The van der Waals surface area contributed by atoms with Crippen LogP contribution in [0.25, 0.3) is 0 Å². The van der Waals surface area contributed by atoms with Crippen LogP contribution in [0.1, 0.15) is 65.7 Å². The number of carbonyl (C=O) groups excluding carboxylic acids is 2. The summed E-state index contributed by atoms with van der Waals surface area (Å²) in [6.45, 7) is 6.80. The summed E-state index contributed by atoms with van der Waals surface area (Å²) in [4.78, 5) is 23.8. The highest BCUT2D eigenvalue weighted by atomic mass is 16.6. The number of hydrogen-bond donors (Lipinski definition) is 0. The van der Waals surface area contributed by atoms with Crippen molar-refractivity contribution >= 4 is 11.9 Å². The second-order valence-corrected chi connectivity index (χ2v) is 4.74. The number of unbranched alkanes of at least 4 members (excludes halogenated alkanes) is 4. The minimum Gasteiger partial charge on any atom is -0.462 e.